The molecule has 1 amide bonds. The van der Waals surface area contributed by atoms with Crippen molar-refractivity contribution in [3.05, 3.63) is 84.4 Å². The Morgan fingerprint density at radius 1 is 0.889 bits per heavy atom. The van der Waals surface area contributed by atoms with Crippen LogP contribution in [0.4, 0.5) is 10.8 Å². The molecule has 0 aliphatic rings. The molecule has 0 bridgehead atoms. The normalized spacial score (nSPS) is 11.3. The van der Waals surface area contributed by atoms with Crippen LogP contribution in [0.15, 0.2) is 83.8 Å². The van der Waals surface area contributed by atoms with E-state index in [9.17, 15) is 13.2 Å². The molecule has 4 rings (SSSR count). The fourth-order valence-electron chi connectivity index (χ4n) is 3.69. The number of anilines is 2. The molecule has 1 heterocycles. The van der Waals surface area contributed by atoms with Crippen molar-refractivity contribution in [3.63, 3.8) is 0 Å². The van der Waals surface area contributed by atoms with Gasteiger partial charge in [0.1, 0.15) is 0 Å². The van der Waals surface area contributed by atoms with Gasteiger partial charge in [0.15, 0.2) is 5.13 Å². The summed E-state index contributed by atoms with van der Waals surface area (Å²) in [5, 5.41) is 0.650. The topological polar surface area (TPSA) is 82.6 Å². The summed E-state index contributed by atoms with van der Waals surface area (Å²) in [5.74, 6) is -0.173. The molecule has 0 aliphatic carbocycles. The third-order valence-electron chi connectivity index (χ3n) is 5.73. The molecule has 0 radical (unpaired) electrons. The average molecular weight is 545 g/mol. The molecule has 4 aromatic rings. The maximum atomic E-state index is 13.6. The highest BCUT2D eigenvalue weighted by Crippen LogP contribution is 2.30. The van der Waals surface area contributed by atoms with Gasteiger partial charge in [0.2, 0.25) is 0 Å². The Labute approximate surface area is 222 Å². The zero-order valence-electron chi connectivity index (χ0n) is 20.1. The second-order valence-electron chi connectivity index (χ2n) is 7.94. The SMILES string of the molecule is CCN(CC)CCN(C(=O)c1ccc(NS(=O)(=O)c2ccccc2)cc1)c1nc2ccccc2s1.Cl. The quantitative estimate of drug-likeness (QED) is 0.285. The molecule has 0 saturated carbocycles. The Bertz CT molecular complexity index is 1360. The van der Waals surface area contributed by atoms with Gasteiger partial charge in [-0.05, 0) is 61.6 Å². The number of thiazole rings is 1. The van der Waals surface area contributed by atoms with Crippen LogP contribution in [0.2, 0.25) is 0 Å². The molecule has 7 nitrogen and oxygen atoms in total. The highest BCUT2D eigenvalue weighted by molar-refractivity contribution is 7.92. The van der Waals surface area contributed by atoms with Gasteiger partial charge < -0.3 is 4.90 Å². The van der Waals surface area contributed by atoms with E-state index in [1.54, 1.807) is 47.4 Å². The number of carbonyl (C=O) groups is 1. The largest absolute Gasteiger partial charge is 0.302 e. The monoisotopic (exact) mass is 544 g/mol. The van der Waals surface area contributed by atoms with Crippen molar-refractivity contribution in [2.75, 3.05) is 35.8 Å². The van der Waals surface area contributed by atoms with Crippen LogP contribution >= 0.6 is 23.7 Å². The van der Waals surface area contributed by atoms with Crippen molar-refractivity contribution in [1.82, 2.24) is 9.88 Å². The standard InChI is InChI=1S/C26H28N4O3S2.ClH/c1-3-29(4-2)18-19-30(26-27-23-12-8-9-13-24(23)34-26)25(31)20-14-16-21(17-15-20)28-35(32,33)22-10-6-5-7-11-22;/h5-17,28H,3-4,18-19H2,1-2H3;1H. The molecule has 0 saturated heterocycles. The van der Waals surface area contributed by atoms with Crippen molar-refractivity contribution in [2.45, 2.75) is 18.7 Å². The number of aromatic nitrogens is 1. The smallest absolute Gasteiger partial charge is 0.261 e. The van der Waals surface area contributed by atoms with Crippen molar-refractivity contribution >= 4 is 60.7 Å². The zero-order chi connectivity index (χ0) is 24.8. The minimum Gasteiger partial charge on any atom is -0.302 e. The molecule has 36 heavy (non-hydrogen) atoms. The van der Waals surface area contributed by atoms with Gasteiger partial charge in [-0.15, -0.1) is 12.4 Å². The molecule has 0 aliphatic heterocycles. The number of fused-ring (bicyclic) bond motifs is 1. The van der Waals surface area contributed by atoms with Gasteiger partial charge in [0.25, 0.3) is 15.9 Å². The summed E-state index contributed by atoms with van der Waals surface area (Å²) in [4.78, 5) is 22.4. The van der Waals surface area contributed by atoms with E-state index in [0.29, 0.717) is 22.9 Å². The van der Waals surface area contributed by atoms with Crippen LogP contribution in [0.3, 0.4) is 0 Å². The predicted octanol–water partition coefficient (Wildman–Crippen LogP) is 5.51. The number of hydrogen-bond acceptors (Lipinski definition) is 6. The summed E-state index contributed by atoms with van der Waals surface area (Å²) >= 11 is 1.49. The number of hydrogen-bond donors (Lipinski definition) is 1. The first-order valence-corrected chi connectivity index (χ1v) is 13.8. The molecule has 0 fully saturated rings. The van der Waals surface area contributed by atoms with E-state index >= 15 is 0 Å². The maximum absolute atomic E-state index is 13.6. The molecule has 10 heteroatoms. The lowest BCUT2D eigenvalue weighted by Crippen LogP contribution is -2.38. The van der Waals surface area contributed by atoms with Crippen LogP contribution in [0.1, 0.15) is 24.2 Å². The van der Waals surface area contributed by atoms with Crippen molar-refractivity contribution in [1.29, 1.82) is 0 Å². The predicted molar refractivity (Wildman–Crippen MR) is 150 cm³/mol. The number of benzene rings is 3. The van der Waals surface area contributed by atoms with Crippen LogP contribution in [-0.2, 0) is 10.0 Å². The first-order chi connectivity index (χ1) is 16.9. The molecular formula is C26H29ClN4O3S2. The number of sulfonamides is 1. The summed E-state index contributed by atoms with van der Waals surface area (Å²) in [7, 11) is -3.70. The number of amides is 1. The van der Waals surface area contributed by atoms with E-state index in [4.69, 9.17) is 4.98 Å². The Kier molecular flexibility index (Phi) is 9.44. The van der Waals surface area contributed by atoms with E-state index < -0.39 is 10.0 Å². The summed E-state index contributed by atoms with van der Waals surface area (Å²) in [5.41, 5.74) is 1.71. The van der Waals surface area contributed by atoms with Crippen molar-refractivity contribution < 1.29 is 13.2 Å². The van der Waals surface area contributed by atoms with Crippen LogP contribution in [-0.4, -0.2) is 50.4 Å². The van der Waals surface area contributed by atoms with E-state index in [1.807, 2.05) is 24.3 Å². The summed E-state index contributed by atoms with van der Waals surface area (Å²) in [6.45, 7) is 7.22. The number of nitrogens with zero attached hydrogens (tertiary/aromatic N) is 3. The number of para-hydroxylation sites is 1. The van der Waals surface area contributed by atoms with Gasteiger partial charge in [-0.2, -0.15) is 0 Å². The van der Waals surface area contributed by atoms with Gasteiger partial charge in [0, 0.05) is 24.3 Å². The molecule has 0 unspecified atom stereocenters. The number of nitrogens with one attached hydrogen (secondary N) is 1. The number of rotatable bonds is 10. The summed E-state index contributed by atoms with van der Waals surface area (Å²) < 4.78 is 28.8. The van der Waals surface area contributed by atoms with Gasteiger partial charge in [-0.25, -0.2) is 13.4 Å². The molecule has 190 valence electrons. The third-order valence-corrected chi connectivity index (χ3v) is 8.19. The highest BCUT2D eigenvalue weighted by Gasteiger charge is 2.22. The third kappa shape index (κ3) is 6.41. The second-order valence-corrected chi connectivity index (χ2v) is 10.6. The molecule has 0 atom stereocenters. The Morgan fingerprint density at radius 3 is 2.17 bits per heavy atom. The minimum atomic E-state index is -3.70. The zero-order valence-corrected chi connectivity index (χ0v) is 22.6. The lowest BCUT2D eigenvalue weighted by Gasteiger charge is -2.24. The number of halogens is 1. The Hall–Kier alpha value is -2.98. The first-order valence-electron chi connectivity index (χ1n) is 11.5. The second kappa shape index (κ2) is 12.3. The van der Waals surface area contributed by atoms with E-state index in [2.05, 4.69) is 23.5 Å². The first kappa shape index (κ1) is 27.6. The fourth-order valence-corrected chi connectivity index (χ4v) is 5.76. The van der Waals surface area contributed by atoms with Crippen LogP contribution in [0, 0.1) is 0 Å². The van der Waals surface area contributed by atoms with Crippen LogP contribution in [0.5, 0.6) is 0 Å². The molecule has 3 aromatic carbocycles. The van der Waals surface area contributed by atoms with E-state index in [0.717, 1.165) is 29.9 Å². The summed E-state index contributed by atoms with van der Waals surface area (Å²) in [6.07, 6.45) is 0. The van der Waals surface area contributed by atoms with Crippen molar-refractivity contribution in [2.24, 2.45) is 0 Å². The van der Waals surface area contributed by atoms with Gasteiger partial charge in [-0.1, -0.05) is 55.5 Å². The highest BCUT2D eigenvalue weighted by atomic mass is 35.5. The molecule has 1 N–H and O–H groups in total. The van der Waals surface area contributed by atoms with Crippen LogP contribution in [0.25, 0.3) is 10.2 Å². The lowest BCUT2D eigenvalue weighted by atomic mass is 10.2. The van der Waals surface area contributed by atoms with Gasteiger partial charge in [-0.3, -0.25) is 14.4 Å². The molecule has 1 aromatic heterocycles. The summed E-state index contributed by atoms with van der Waals surface area (Å²) in [6, 6.07) is 22.5. The molecule has 0 spiro atoms. The Balaban J connectivity index is 0.00000361. The minimum absolute atomic E-state index is 0. The van der Waals surface area contributed by atoms with E-state index in [1.165, 1.54) is 23.5 Å². The molecular weight excluding hydrogens is 516 g/mol. The fraction of sp³-hybridized carbons (Fsp3) is 0.231. The number of likely N-dealkylation sites (N-methyl/N-ethyl adjacent to an activating group) is 1. The van der Waals surface area contributed by atoms with Crippen LogP contribution < -0.4 is 9.62 Å². The lowest BCUT2D eigenvalue weighted by molar-refractivity contribution is 0.0984. The van der Waals surface area contributed by atoms with E-state index in [-0.39, 0.29) is 23.2 Å². The Morgan fingerprint density at radius 2 is 1.53 bits per heavy atom. The van der Waals surface area contributed by atoms with Gasteiger partial charge in [0.05, 0.1) is 15.1 Å². The van der Waals surface area contributed by atoms with Gasteiger partial charge >= 0.3 is 0 Å². The maximum Gasteiger partial charge on any atom is 0.261 e. The number of carbonyl (C=O) groups excluding carboxylic acids is 1. The van der Waals surface area contributed by atoms with Crippen molar-refractivity contribution in [3.8, 4) is 0 Å². The average Bonchev–Trinajstić information content (AvgIpc) is 3.31.